The van der Waals surface area contributed by atoms with Crippen molar-refractivity contribution in [1.29, 1.82) is 0 Å². The van der Waals surface area contributed by atoms with Crippen LogP contribution < -0.4 is 5.32 Å². The van der Waals surface area contributed by atoms with Crippen LogP contribution in [0.4, 0.5) is 4.39 Å². The Hall–Kier alpha value is -2.17. The standard InChI is InChI=1S/C15H16FN3O/c16-12-6-2-1-5-11(12)9-17-15(20)13-10-19-8-4-3-7-14(19)18-13/h1-2,5-6,10H,3-4,7-9H2,(H,17,20). The second kappa shape index (κ2) is 5.45. The van der Waals surface area contributed by atoms with Crippen LogP contribution in [-0.4, -0.2) is 15.5 Å². The highest BCUT2D eigenvalue weighted by molar-refractivity contribution is 5.92. The summed E-state index contributed by atoms with van der Waals surface area (Å²) < 4.78 is 15.5. The summed E-state index contributed by atoms with van der Waals surface area (Å²) in [5.74, 6) is 0.402. The number of hydrogen-bond donors (Lipinski definition) is 1. The number of amides is 1. The van der Waals surface area contributed by atoms with E-state index in [1.807, 2.05) is 4.57 Å². The summed E-state index contributed by atoms with van der Waals surface area (Å²) in [6.07, 6.45) is 4.94. The molecule has 0 bridgehead atoms. The molecule has 1 aromatic carbocycles. The molecule has 0 atom stereocenters. The van der Waals surface area contributed by atoms with Gasteiger partial charge in [0.1, 0.15) is 17.3 Å². The number of halogens is 1. The molecule has 1 aromatic heterocycles. The van der Waals surface area contributed by atoms with E-state index >= 15 is 0 Å². The Bertz CT molecular complexity index is 612. The van der Waals surface area contributed by atoms with Crippen molar-refractivity contribution in [3.8, 4) is 0 Å². The molecule has 1 amide bonds. The molecule has 0 saturated heterocycles. The van der Waals surface area contributed by atoms with Crippen molar-refractivity contribution in [3.63, 3.8) is 0 Å². The molecule has 4 nitrogen and oxygen atoms in total. The lowest BCUT2D eigenvalue weighted by Gasteiger charge is -2.11. The maximum Gasteiger partial charge on any atom is 0.271 e. The van der Waals surface area contributed by atoms with Crippen molar-refractivity contribution in [3.05, 3.63) is 53.4 Å². The quantitative estimate of drug-likeness (QED) is 0.932. The van der Waals surface area contributed by atoms with E-state index in [1.54, 1.807) is 24.4 Å². The highest BCUT2D eigenvalue weighted by atomic mass is 19.1. The second-order valence-electron chi connectivity index (χ2n) is 4.97. The third-order valence-electron chi connectivity index (χ3n) is 3.54. The van der Waals surface area contributed by atoms with E-state index in [0.717, 1.165) is 31.6 Å². The largest absolute Gasteiger partial charge is 0.346 e. The van der Waals surface area contributed by atoms with E-state index in [2.05, 4.69) is 10.3 Å². The fourth-order valence-corrected chi connectivity index (χ4v) is 2.43. The molecule has 2 aromatic rings. The predicted molar refractivity (Wildman–Crippen MR) is 72.7 cm³/mol. The number of nitrogens with one attached hydrogen (secondary N) is 1. The van der Waals surface area contributed by atoms with Crippen molar-refractivity contribution in [2.45, 2.75) is 32.4 Å². The molecule has 3 rings (SSSR count). The van der Waals surface area contributed by atoms with Crippen molar-refractivity contribution in [1.82, 2.24) is 14.9 Å². The van der Waals surface area contributed by atoms with Gasteiger partial charge in [-0.25, -0.2) is 9.37 Å². The summed E-state index contributed by atoms with van der Waals surface area (Å²) in [6, 6.07) is 6.43. The molecule has 104 valence electrons. The summed E-state index contributed by atoms with van der Waals surface area (Å²) in [5.41, 5.74) is 0.892. The van der Waals surface area contributed by atoms with Crippen LogP contribution in [0.2, 0.25) is 0 Å². The van der Waals surface area contributed by atoms with Crippen LogP contribution in [0.1, 0.15) is 34.7 Å². The zero-order valence-electron chi connectivity index (χ0n) is 11.1. The lowest BCUT2D eigenvalue weighted by atomic mass is 10.2. The molecule has 20 heavy (non-hydrogen) atoms. The Kier molecular flexibility index (Phi) is 3.50. The average molecular weight is 273 g/mol. The fourth-order valence-electron chi connectivity index (χ4n) is 2.43. The van der Waals surface area contributed by atoms with Crippen LogP contribution in [0.15, 0.2) is 30.5 Å². The Morgan fingerprint density at radius 1 is 1.35 bits per heavy atom. The van der Waals surface area contributed by atoms with Crippen molar-refractivity contribution in [2.24, 2.45) is 0 Å². The van der Waals surface area contributed by atoms with Crippen molar-refractivity contribution in [2.75, 3.05) is 0 Å². The smallest absolute Gasteiger partial charge is 0.271 e. The fraction of sp³-hybridized carbons (Fsp3) is 0.333. The Labute approximate surface area is 116 Å². The normalized spacial score (nSPS) is 13.8. The Morgan fingerprint density at radius 2 is 2.20 bits per heavy atom. The van der Waals surface area contributed by atoms with Gasteiger partial charge in [-0.3, -0.25) is 4.79 Å². The topological polar surface area (TPSA) is 46.9 Å². The number of aryl methyl sites for hydroxylation is 2. The van der Waals surface area contributed by atoms with E-state index in [-0.39, 0.29) is 18.3 Å². The van der Waals surface area contributed by atoms with E-state index in [0.29, 0.717) is 11.3 Å². The minimum atomic E-state index is -0.308. The molecular formula is C15H16FN3O. The molecule has 1 aliphatic heterocycles. The van der Waals surface area contributed by atoms with E-state index in [1.165, 1.54) is 6.07 Å². The highest BCUT2D eigenvalue weighted by Gasteiger charge is 2.16. The van der Waals surface area contributed by atoms with Gasteiger partial charge >= 0.3 is 0 Å². The number of rotatable bonds is 3. The van der Waals surface area contributed by atoms with Crippen LogP contribution in [0, 0.1) is 5.82 Å². The first-order chi connectivity index (χ1) is 9.74. The summed E-state index contributed by atoms with van der Waals surface area (Å²) in [5, 5.41) is 2.71. The Balaban J connectivity index is 1.67. The summed E-state index contributed by atoms with van der Waals surface area (Å²) >= 11 is 0. The Morgan fingerprint density at radius 3 is 3.00 bits per heavy atom. The van der Waals surface area contributed by atoms with Crippen molar-refractivity contribution >= 4 is 5.91 Å². The molecule has 1 aliphatic rings. The van der Waals surface area contributed by atoms with Gasteiger partial charge in [-0.2, -0.15) is 0 Å². The van der Waals surface area contributed by atoms with Crippen LogP contribution in [0.5, 0.6) is 0 Å². The maximum atomic E-state index is 13.5. The lowest BCUT2D eigenvalue weighted by Crippen LogP contribution is -2.23. The predicted octanol–water partition coefficient (Wildman–Crippen LogP) is 2.29. The SMILES string of the molecule is O=C(NCc1ccccc1F)c1cn2c(n1)CCCC2. The third-order valence-corrected chi connectivity index (χ3v) is 3.54. The van der Waals surface area contributed by atoms with Gasteiger partial charge in [-0.1, -0.05) is 18.2 Å². The molecule has 0 fully saturated rings. The molecular weight excluding hydrogens is 257 g/mol. The van der Waals surface area contributed by atoms with Gasteiger partial charge < -0.3 is 9.88 Å². The summed E-state index contributed by atoms with van der Waals surface area (Å²) in [6.45, 7) is 1.09. The number of hydrogen-bond acceptors (Lipinski definition) is 2. The third kappa shape index (κ3) is 2.57. The minimum absolute atomic E-state index is 0.174. The van der Waals surface area contributed by atoms with Gasteiger partial charge in [0.15, 0.2) is 0 Å². The molecule has 0 saturated carbocycles. The number of fused-ring (bicyclic) bond motifs is 1. The van der Waals surface area contributed by atoms with Gasteiger partial charge in [-0.05, 0) is 18.9 Å². The molecule has 0 spiro atoms. The van der Waals surface area contributed by atoms with E-state index < -0.39 is 0 Å². The van der Waals surface area contributed by atoms with Gasteiger partial charge in [0.05, 0.1) is 0 Å². The van der Waals surface area contributed by atoms with Gasteiger partial charge in [-0.15, -0.1) is 0 Å². The second-order valence-corrected chi connectivity index (χ2v) is 4.97. The van der Waals surface area contributed by atoms with Crippen LogP contribution >= 0.6 is 0 Å². The van der Waals surface area contributed by atoms with Gasteiger partial charge in [0.2, 0.25) is 0 Å². The van der Waals surface area contributed by atoms with Crippen LogP contribution in [-0.2, 0) is 19.5 Å². The van der Waals surface area contributed by atoms with Crippen LogP contribution in [0.25, 0.3) is 0 Å². The monoisotopic (exact) mass is 273 g/mol. The van der Waals surface area contributed by atoms with Crippen molar-refractivity contribution < 1.29 is 9.18 Å². The number of aromatic nitrogens is 2. The molecule has 1 N–H and O–H groups in total. The zero-order valence-corrected chi connectivity index (χ0v) is 11.1. The first kappa shape index (κ1) is 12.8. The number of benzene rings is 1. The number of imidazole rings is 1. The number of nitrogens with zero attached hydrogens (tertiary/aromatic N) is 2. The summed E-state index contributed by atoms with van der Waals surface area (Å²) in [4.78, 5) is 16.4. The highest BCUT2D eigenvalue weighted by Crippen LogP contribution is 2.14. The number of carbonyl (C=O) groups excluding carboxylic acids is 1. The van der Waals surface area contributed by atoms with Gasteiger partial charge in [0.25, 0.3) is 5.91 Å². The van der Waals surface area contributed by atoms with E-state index in [4.69, 9.17) is 0 Å². The first-order valence-electron chi connectivity index (χ1n) is 6.82. The molecule has 0 unspecified atom stereocenters. The lowest BCUT2D eigenvalue weighted by molar-refractivity contribution is 0.0946. The maximum absolute atomic E-state index is 13.5. The summed E-state index contributed by atoms with van der Waals surface area (Å²) in [7, 11) is 0. The zero-order chi connectivity index (χ0) is 13.9. The number of carbonyl (C=O) groups is 1. The van der Waals surface area contributed by atoms with Crippen LogP contribution in [0.3, 0.4) is 0 Å². The first-order valence-corrected chi connectivity index (χ1v) is 6.82. The molecule has 5 heteroatoms. The minimum Gasteiger partial charge on any atom is -0.346 e. The molecule has 2 heterocycles. The molecule has 0 radical (unpaired) electrons. The van der Waals surface area contributed by atoms with E-state index in [9.17, 15) is 9.18 Å². The molecule has 0 aliphatic carbocycles. The van der Waals surface area contributed by atoms with Gasteiger partial charge in [0, 0.05) is 31.3 Å². The average Bonchev–Trinajstić information content (AvgIpc) is 2.90.